The molecule has 0 saturated carbocycles. The number of hydrogen-bond donors (Lipinski definition) is 1. The monoisotopic (exact) mass is 229 g/mol. The topological polar surface area (TPSA) is 35.2 Å². The Balaban J connectivity index is 2.62. The van der Waals surface area contributed by atoms with Crippen LogP contribution in [-0.2, 0) is 0 Å². The molecule has 1 aromatic carbocycles. The van der Waals surface area contributed by atoms with Crippen molar-refractivity contribution in [1.29, 1.82) is 0 Å². The maximum absolute atomic E-state index is 13.2. The van der Waals surface area contributed by atoms with E-state index < -0.39 is 11.6 Å². The zero-order chi connectivity index (χ0) is 12.3. The molecule has 0 aromatic heterocycles. The van der Waals surface area contributed by atoms with E-state index in [-0.39, 0.29) is 23.8 Å². The van der Waals surface area contributed by atoms with E-state index in [9.17, 15) is 8.78 Å². The molecule has 1 rings (SSSR count). The maximum Gasteiger partial charge on any atom is 0.167 e. The van der Waals surface area contributed by atoms with Crippen LogP contribution >= 0.6 is 0 Å². The average Bonchev–Trinajstić information content (AvgIpc) is 2.14. The van der Waals surface area contributed by atoms with Gasteiger partial charge in [0, 0.05) is 12.1 Å². The number of halogens is 2. The first kappa shape index (κ1) is 12.9. The average molecular weight is 229 g/mol. The molecular formula is C12H17F2NO. The fraction of sp³-hybridized carbons (Fsp3) is 0.500. The van der Waals surface area contributed by atoms with Gasteiger partial charge in [-0.15, -0.1) is 0 Å². The molecule has 0 aliphatic carbocycles. The molecule has 0 saturated heterocycles. The molecule has 0 spiro atoms. The lowest BCUT2D eigenvalue weighted by atomic mass is 9.88. The summed E-state index contributed by atoms with van der Waals surface area (Å²) in [6, 6.07) is 3.00. The van der Waals surface area contributed by atoms with Gasteiger partial charge in [0.15, 0.2) is 11.6 Å². The van der Waals surface area contributed by atoms with Gasteiger partial charge in [-0.1, -0.05) is 20.8 Å². The number of ether oxygens (including phenoxy) is 1. The molecule has 0 aliphatic rings. The van der Waals surface area contributed by atoms with Gasteiger partial charge in [0.05, 0.1) is 0 Å². The van der Waals surface area contributed by atoms with Gasteiger partial charge < -0.3 is 10.5 Å². The van der Waals surface area contributed by atoms with Gasteiger partial charge >= 0.3 is 0 Å². The van der Waals surface area contributed by atoms with Crippen molar-refractivity contribution in [3.8, 4) is 5.75 Å². The van der Waals surface area contributed by atoms with E-state index in [0.29, 0.717) is 0 Å². The van der Waals surface area contributed by atoms with Crippen molar-refractivity contribution in [2.45, 2.75) is 26.8 Å². The normalized spacial score (nSPS) is 13.6. The van der Waals surface area contributed by atoms with Crippen molar-refractivity contribution in [3.63, 3.8) is 0 Å². The van der Waals surface area contributed by atoms with Crippen LogP contribution in [0.15, 0.2) is 18.2 Å². The van der Waals surface area contributed by atoms with E-state index in [4.69, 9.17) is 10.5 Å². The van der Waals surface area contributed by atoms with Crippen LogP contribution in [0.25, 0.3) is 0 Å². The van der Waals surface area contributed by atoms with Gasteiger partial charge in [-0.3, -0.25) is 0 Å². The van der Waals surface area contributed by atoms with Gasteiger partial charge in [-0.2, -0.15) is 0 Å². The molecule has 2 N–H and O–H groups in total. The smallest absolute Gasteiger partial charge is 0.167 e. The largest absolute Gasteiger partial charge is 0.489 e. The molecule has 0 amide bonds. The van der Waals surface area contributed by atoms with Crippen molar-refractivity contribution in [1.82, 2.24) is 0 Å². The Hall–Kier alpha value is -1.16. The number of benzene rings is 1. The highest BCUT2D eigenvalue weighted by Gasteiger charge is 2.21. The van der Waals surface area contributed by atoms with Crippen LogP contribution in [0.4, 0.5) is 8.78 Å². The second-order valence-corrected chi connectivity index (χ2v) is 4.86. The number of rotatable bonds is 3. The molecule has 16 heavy (non-hydrogen) atoms. The van der Waals surface area contributed by atoms with E-state index in [1.165, 1.54) is 6.07 Å². The van der Waals surface area contributed by atoms with Crippen molar-refractivity contribution >= 4 is 0 Å². The molecular weight excluding hydrogens is 212 g/mol. The van der Waals surface area contributed by atoms with E-state index in [1.807, 2.05) is 20.8 Å². The summed E-state index contributed by atoms with van der Waals surface area (Å²) in [6.07, 6.45) is 0. The highest BCUT2D eigenvalue weighted by molar-refractivity contribution is 5.24. The minimum atomic E-state index is -0.707. The Morgan fingerprint density at radius 2 is 1.94 bits per heavy atom. The summed E-state index contributed by atoms with van der Waals surface area (Å²) in [5, 5.41) is 0. The second kappa shape index (κ2) is 4.78. The first-order valence-corrected chi connectivity index (χ1v) is 5.14. The Kier molecular flexibility index (Phi) is 3.86. The van der Waals surface area contributed by atoms with Crippen LogP contribution in [0.2, 0.25) is 0 Å². The van der Waals surface area contributed by atoms with Crippen LogP contribution in [0.5, 0.6) is 5.75 Å². The minimum absolute atomic E-state index is 0.0288. The van der Waals surface area contributed by atoms with Gasteiger partial charge in [0.1, 0.15) is 12.4 Å². The van der Waals surface area contributed by atoms with Gasteiger partial charge in [0.25, 0.3) is 0 Å². The molecule has 1 unspecified atom stereocenters. The first-order valence-electron chi connectivity index (χ1n) is 5.14. The van der Waals surface area contributed by atoms with E-state index in [2.05, 4.69) is 0 Å². The van der Waals surface area contributed by atoms with Crippen molar-refractivity contribution in [3.05, 3.63) is 29.8 Å². The first-order chi connectivity index (χ1) is 7.30. The fourth-order valence-corrected chi connectivity index (χ4v) is 1.02. The molecule has 1 atom stereocenters. The lowest BCUT2D eigenvalue weighted by Crippen LogP contribution is -2.40. The van der Waals surface area contributed by atoms with Crippen LogP contribution < -0.4 is 10.5 Å². The molecule has 0 fully saturated rings. The number of hydrogen-bond acceptors (Lipinski definition) is 2. The quantitative estimate of drug-likeness (QED) is 0.864. The molecule has 4 heteroatoms. The van der Waals surface area contributed by atoms with Crippen molar-refractivity contribution in [2.75, 3.05) is 6.61 Å². The van der Waals surface area contributed by atoms with E-state index in [0.717, 1.165) is 12.1 Å². The summed E-state index contributed by atoms with van der Waals surface area (Å²) < 4.78 is 31.0. The summed E-state index contributed by atoms with van der Waals surface area (Å²) in [5.41, 5.74) is 5.74. The zero-order valence-electron chi connectivity index (χ0n) is 9.76. The predicted octanol–water partition coefficient (Wildman–Crippen LogP) is 2.72. The molecule has 1 aromatic rings. The zero-order valence-corrected chi connectivity index (χ0v) is 9.76. The molecule has 2 nitrogen and oxygen atoms in total. The van der Waals surface area contributed by atoms with Crippen LogP contribution in [0.1, 0.15) is 20.8 Å². The summed E-state index contributed by atoms with van der Waals surface area (Å²) in [4.78, 5) is 0. The summed E-state index contributed by atoms with van der Waals surface area (Å²) >= 11 is 0. The summed E-state index contributed by atoms with van der Waals surface area (Å²) in [7, 11) is 0. The highest BCUT2D eigenvalue weighted by atomic mass is 19.1. The van der Waals surface area contributed by atoms with Crippen LogP contribution in [-0.4, -0.2) is 12.6 Å². The van der Waals surface area contributed by atoms with Gasteiger partial charge in [0.2, 0.25) is 0 Å². The maximum atomic E-state index is 13.2. The standard InChI is InChI=1S/C12H17F2NO/c1-12(2,3)11(15)7-16-10-5-4-8(13)6-9(10)14/h4-6,11H,7,15H2,1-3H3. The van der Waals surface area contributed by atoms with Gasteiger partial charge in [-0.05, 0) is 17.5 Å². The second-order valence-electron chi connectivity index (χ2n) is 4.86. The number of nitrogens with two attached hydrogens (primary N) is 1. The molecule has 90 valence electrons. The minimum Gasteiger partial charge on any atom is -0.489 e. The molecule has 0 heterocycles. The third-order valence-corrected chi connectivity index (χ3v) is 2.42. The molecule has 0 radical (unpaired) electrons. The van der Waals surface area contributed by atoms with E-state index >= 15 is 0 Å². The predicted molar refractivity (Wildman–Crippen MR) is 59.3 cm³/mol. The Bertz CT molecular complexity index is 361. The summed E-state index contributed by atoms with van der Waals surface area (Å²) in [6.45, 7) is 6.12. The third-order valence-electron chi connectivity index (χ3n) is 2.42. The van der Waals surface area contributed by atoms with Crippen LogP contribution in [0, 0.1) is 17.0 Å². The third kappa shape index (κ3) is 3.45. The van der Waals surface area contributed by atoms with Crippen molar-refractivity contribution < 1.29 is 13.5 Å². The fourth-order valence-electron chi connectivity index (χ4n) is 1.02. The highest BCUT2D eigenvalue weighted by Crippen LogP contribution is 2.21. The Morgan fingerprint density at radius 3 is 2.44 bits per heavy atom. The lowest BCUT2D eigenvalue weighted by molar-refractivity contribution is 0.199. The van der Waals surface area contributed by atoms with Crippen LogP contribution in [0.3, 0.4) is 0 Å². The summed E-state index contributed by atoms with van der Waals surface area (Å²) in [5.74, 6) is -1.30. The lowest BCUT2D eigenvalue weighted by Gasteiger charge is -2.26. The van der Waals surface area contributed by atoms with Gasteiger partial charge in [-0.25, -0.2) is 8.78 Å². The SMILES string of the molecule is CC(C)(C)C(N)COc1ccc(F)cc1F. The molecule has 0 aliphatic heterocycles. The molecule has 0 bridgehead atoms. The Labute approximate surface area is 94.4 Å². The van der Waals surface area contributed by atoms with Crippen molar-refractivity contribution in [2.24, 2.45) is 11.1 Å². The van der Waals surface area contributed by atoms with E-state index in [1.54, 1.807) is 0 Å². The Morgan fingerprint density at radius 1 is 1.31 bits per heavy atom.